The van der Waals surface area contributed by atoms with Crippen molar-refractivity contribution in [1.82, 2.24) is 20.5 Å². The van der Waals surface area contributed by atoms with E-state index in [-0.39, 0.29) is 0 Å². The topological polar surface area (TPSA) is 52.6 Å². The van der Waals surface area contributed by atoms with Crippen molar-refractivity contribution in [1.29, 1.82) is 0 Å². The summed E-state index contributed by atoms with van der Waals surface area (Å²) in [5, 5.41) is 10.1. The summed E-state index contributed by atoms with van der Waals surface area (Å²) >= 11 is 1.72. The summed E-state index contributed by atoms with van der Waals surface area (Å²) in [7, 11) is 1.83. The number of guanidine groups is 1. The van der Waals surface area contributed by atoms with Gasteiger partial charge in [-0.1, -0.05) is 20.8 Å². The third-order valence-electron chi connectivity index (χ3n) is 4.43. The Hall–Kier alpha value is -1.14. The van der Waals surface area contributed by atoms with Gasteiger partial charge in [0.2, 0.25) is 0 Å². The van der Waals surface area contributed by atoms with Crippen molar-refractivity contribution in [3.05, 3.63) is 16.1 Å². The number of rotatable bonds is 7. The molecule has 0 aromatic carbocycles. The van der Waals surface area contributed by atoms with E-state index in [9.17, 15) is 0 Å². The van der Waals surface area contributed by atoms with E-state index < -0.39 is 0 Å². The van der Waals surface area contributed by atoms with Crippen LogP contribution in [0.3, 0.4) is 0 Å². The fraction of sp³-hybridized carbons (Fsp3) is 0.765. The highest BCUT2D eigenvalue weighted by molar-refractivity contribution is 7.09. The summed E-state index contributed by atoms with van der Waals surface area (Å²) in [5.41, 5.74) is 1.18. The van der Waals surface area contributed by atoms with Gasteiger partial charge in [0.15, 0.2) is 5.96 Å². The molecule has 6 heteroatoms. The fourth-order valence-corrected chi connectivity index (χ4v) is 3.80. The first-order valence-corrected chi connectivity index (χ1v) is 9.64. The molecule has 1 aliphatic rings. The lowest BCUT2D eigenvalue weighted by atomic mass is 10.2. The van der Waals surface area contributed by atoms with Crippen molar-refractivity contribution >= 4 is 17.3 Å². The number of nitrogens with one attached hydrogen (secondary N) is 2. The van der Waals surface area contributed by atoms with Gasteiger partial charge in [-0.05, 0) is 38.3 Å². The monoisotopic (exact) mass is 337 g/mol. The highest BCUT2D eigenvalue weighted by atomic mass is 32.1. The van der Waals surface area contributed by atoms with Crippen molar-refractivity contribution in [2.45, 2.75) is 58.5 Å². The normalized spacial score (nSPS) is 17.7. The summed E-state index contributed by atoms with van der Waals surface area (Å²) in [5.74, 6) is 1.35. The highest BCUT2D eigenvalue weighted by Gasteiger charge is 2.20. The molecule has 130 valence electrons. The van der Waals surface area contributed by atoms with Gasteiger partial charge in [-0.2, -0.15) is 0 Å². The lowest BCUT2D eigenvalue weighted by molar-refractivity contribution is 0.236. The Morgan fingerprint density at radius 3 is 2.65 bits per heavy atom. The van der Waals surface area contributed by atoms with E-state index in [0.29, 0.717) is 12.0 Å². The Morgan fingerprint density at radius 2 is 2.09 bits per heavy atom. The predicted octanol–water partition coefficient (Wildman–Crippen LogP) is 2.81. The number of nitrogens with zero attached hydrogens (tertiary/aromatic N) is 3. The van der Waals surface area contributed by atoms with Gasteiger partial charge in [-0.25, -0.2) is 4.98 Å². The molecule has 1 aromatic rings. The zero-order chi connectivity index (χ0) is 16.7. The maximum absolute atomic E-state index is 4.66. The minimum atomic E-state index is 0.489. The maximum atomic E-state index is 4.66. The van der Waals surface area contributed by atoms with Gasteiger partial charge in [-0.3, -0.25) is 9.89 Å². The van der Waals surface area contributed by atoms with Crippen LogP contribution in [0.15, 0.2) is 10.4 Å². The van der Waals surface area contributed by atoms with E-state index in [1.807, 2.05) is 7.05 Å². The lowest BCUT2D eigenvalue weighted by Gasteiger charge is -2.27. The summed E-state index contributed by atoms with van der Waals surface area (Å²) in [4.78, 5) is 11.6. The predicted molar refractivity (Wildman–Crippen MR) is 99.3 cm³/mol. The van der Waals surface area contributed by atoms with Crippen molar-refractivity contribution in [2.24, 2.45) is 4.99 Å². The summed E-state index contributed by atoms with van der Waals surface area (Å²) in [6.07, 6.45) is 3.85. The van der Waals surface area contributed by atoms with E-state index in [1.165, 1.54) is 38.0 Å². The molecule has 0 radical (unpaired) electrons. The van der Waals surface area contributed by atoms with Gasteiger partial charge in [0.25, 0.3) is 0 Å². The van der Waals surface area contributed by atoms with Gasteiger partial charge < -0.3 is 10.6 Å². The van der Waals surface area contributed by atoms with Gasteiger partial charge >= 0.3 is 0 Å². The fourth-order valence-electron chi connectivity index (χ4n) is 2.90. The van der Waals surface area contributed by atoms with Crippen LogP contribution >= 0.6 is 11.3 Å². The van der Waals surface area contributed by atoms with Crippen molar-refractivity contribution in [2.75, 3.05) is 26.7 Å². The number of likely N-dealkylation sites (tertiary alicyclic amines) is 1. The number of hydrogen-bond donors (Lipinski definition) is 2. The molecule has 2 rings (SSSR count). The molecule has 2 heterocycles. The van der Waals surface area contributed by atoms with Crippen LogP contribution in [-0.2, 0) is 6.54 Å². The molecule has 0 spiro atoms. The molecule has 1 aromatic heterocycles. The average molecular weight is 338 g/mol. The van der Waals surface area contributed by atoms with Crippen LogP contribution in [0.4, 0.5) is 0 Å². The molecule has 2 N–H and O–H groups in total. The Labute approximate surface area is 144 Å². The second-order valence-electron chi connectivity index (χ2n) is 6.43. The largest absolute Gasteiger partial charge is 0.355 e. The minimum absolute atomic E-state index is 0.489. The Morgan fingerprint density at radius 1 is 1.35 bits per heavy atom. The summed E-state index contributed by atoms with van der Waals surface area (Å²) in [6.45, 7) is 10.8. The molecule has 23 heavy (non-hydrogen) atoms. The second kappa shape index (κ2) is 9.23. The second-order valence-corrected chi connectivity index (χ2v) is 7.38. The summed E-state index contributed by atoms with van der Waals surface area (Å²) in [6, 6.07) is 0.600. The minimum Gasteiger partial charge on any atom is -0.355 e. The van der Waals surface area contributed by atoms with E-state index in [2.05, 4.69) is 51.7 Å². The first-order valence-electron chi connectivity index (χ1n) is 8.76. The van der Waals surface area contributed by atoms with E-state index in [1.54, 1.807) is 11.3 Å². The third kappa shape index (κ3) is 5.46. The van der Waals surface area contributed by atoms with E-state index in [4.69, 9.17) is 0 Å². The average Bonchev–Trinajstić information content (AvgIpc) is 3.22. The standard InChI is InChI=1S/C17H31N5S/c1-5-14(22-8-6-7-9-22)10-19-17(18-4)20-11-16-21-15(12-23-16)13(2)3/h12-14H,5-11H2,1-4H3,(H2,18,19,20). The van der Waals surface area contributed by atoms with Gasteiger partial charge in [0, 0.05) is 25.0 Å². The molecule has 1 saturated heterocycles. The van der Waals surface area contributed by atoms with E-state index in [0.717, 1.165) is 24.1 Å². The van der Waals surface area contributed by atoms with Crippen LogP contribution in [0.2, 0.25) is 0 Å². The Bertz CT molecular complexity index is 491. The van der Waals surface area contributed by atoms with Crippen LogP contribution < -0.4 is 10.6 Å². The quantitative estimate of drug-likeness (QED) is 0.593. The maximum Gasteiger partial charge on any atom is 0.191 e. The Balaban J connectivity index is 1.78. The van der Waals surface area contributed by atoms with Gasteiger partial charge in [0.05, 0.1) is 12.2 Å². The number of aromatic nitrogens is 1. The molecule has 0 aliphatic carbocycles. The number of hydrogen-bond acceptors (Lipinski definition) is 4. The van der Waals surface area contributed by atoms with Crippen molar-refractivity contribution in [3.8, 4) is 0 Å². The zero-order valence-electron chi connectivity index (χ0n) is 14.9. The molecule has 0 saturated carbocycles. The third-order valence-corrected chi connectivity index (χ3v) is 5.29. The smallest absolute Gasteiger partial charge is 0.191 e. The van der Waals surface area contributed by atoms with Gasteiger partial charge in [-0.15, -0.1) is 11.3 Å². The zero-order valence-corrected chi connectivity index (χ0v) is 15.7. The number of aliphatic imine (C=N–C) groups is 1. The van der Waals surface area contributed by atoms with Crippen molar-refractivity contribution in [3.63, 3.8) is 0 Å². The number of thiazole rings is 1. The molecular formula is C17H31N5S. The molecule has 5 nitrogen and oxygen atoms in total. The van der Waals surface area contributed by atoms with Crippen LogP contribution in [0.5, 0.6) is 0 Å². The first-order chi connectivity index (χ1) is 11.1. The Kier molecular flexibility index (Phi) is 7.30. The molecule has 1 fully saturated rings. The van der Waals surface area contributed by atoms with Crippen LogP contribution in [-0.4, -0.2) is 48.6 Å². The van der Waals surface area contributed by atoms with Gasteiger partial charge in [0.1, 0.15) is 5.01 Å². The molecule has 1 unspecified atom stereocenters. The van der Waals surface area contributed by atoms with Crippen LogP contribution in [0, 0.1) is 0 Å². The molecule has 1 aliphatic heterocycles. The van der Waals surface area contributed by atoms with Crippen LogP contribution in [0.1, 0.15) is 56.7 Å². The van der Waals surface area contributed by atoms with Crippen molar-refractivity contribution < 1.29 is 0 Å². The molecule has 0 amide bonds. The highest BCUT2D eigenvalue weighted by Crippen LogP contribution is 2.17. The molecule has 1 atom stereocenters. The van der Waals surface area contributed by atoms with Crippen LogP contribution in [0.25, 0.3) is 0 Å². The lowest BCUT2D eigenvalue weighted by Crippen LogP contribution is -2.46. The molecule has 0 bridgehead atoms. The summed E-state index contributed by atoms with van der Waals surface area (Å²) < 4.78 is 0. The SMILES string of the molecule is CCC(CNC(=NC)NCc1nc(C(C)C)cs1)N1CCCC1. The van der Waals surface area contributed by atoms with E-state index >= 15 is 0 Å². The first kappa shape index (κ1) is 18.2. The molecular weight excluding hydrogens is 306 g/mol.